The minimum absolute atomic E-state index is 0.229. The molecule has 0 aliphatic carbocycles. The highest BCUT2D eigenvalue weighted by atomic mass is 19.1. The lowest BCUT2D eigenvalue weighted by molar-refractivity contribution is -0.123. The maximum absolute atomic E-state index is 13.1. The summed E-state index contributed by atoms with van der Waals surface area (Å²) in [6.45, 7) is 11.8. The molecule has 0 aliphatic rings. The molecule has 0 saturated heterocycles. The van der Waals surface area contributed by atoms with Gasteiger partial charge >= 0.3 is 0 Å². The minimum Gasteiger partial charge on any atom is -0.350 e. The molecule has 0 radical (unpaired) electrons. The molecule has 0 saturated carbocycles. The Kier molecular flexibility index (Phi) is 8.12. The van der Waals surface area contributed by atoms with E-state index in [1.807, 2.05) is 30.7 Å². The van der Waals surface area contributed by atoms with Crippen LogP contribution < -0.4 is 11.1 Å². The molecule has 1 aromatic heterocycles. The molecule has 0 bridgehead atoms. The Morgan fingerprint density at radius 2 is 2.03 bits per heavy atom. The number of nitrogens with zero attached hydrogens (tertiary/aromatic N) is 2. The maximum atomic E-state index is 13.1. The first-order chi connectivity index (χ1) is 14.2. The van der Waals surface area contributed by atoms with Gasteiger partial charge in [-0.1, -0.05) is 38.6 Å². The number of nitrogens with two attached hydrogens (primary N) is 1. The Hall–Kier alpha value is -2.73. The number of hydrogen-bond donors (Lipinski definition) is 2. The first-order valence-electron chi connectivity index (χ1n) is 10.3. The third kappa shape index (κ3) is 6.39. The van der Waals surface area contributed by atoms with Crippen LogP contribution in [0.3, 0.4) is 0 Å². The number of halogens is 1. The lowest BCUT2D eigenvalue weighted by Crippen LogP contribution is -2.52. The van der Waals surface area contributed by atoms with Crippen molar-refractivity contribution in [1.82, 2.24) is 14.9 Å². The van der Waals surface area contributed by atoms with Crippen molar-refractivity contribution >= 4 is 12.1 Å². The summed E-state index contributed by atoms with van der Waals surface area (Å²) >= 11 is 0. The Morgan fingerprint density at radius 1 is 1.37 bits per heavy atom. The molecule has 1 aromatic carbocycles. The fourth-order valence-electron chi connectivity index (χ4n) is 3.33. The fourth-order valence-corrected chi connectivity index (χ4v) is 3.33. The zero-order valence-electron chi connectivity index (χ0n) is 18.4. The van der Waals surface area contributed by atoms with Gasteiger partial charge in [0.15, 0.2) is 0 Å². The summed E-state index contributed by atoms with van der Waals surface area (Å²) in [5.74, 6) is 0.719. The lowest BCUT2D eigenvalue weighted by Gasteiger charge is -2.28. The van der Waals surface area contributed by atoms with Gasteiger partial charge in [-0.2, -0.15) is 0 Å². The highest BCUT2D eigenvalue weighted by Gasteiger charge is 2.25. The van der Waals surface area contributed by atoms with Crippen LogP contribution in [0.5, 0.6) is 0 Å². The van der Waals surface area contributed by atoms with Gasteiger partial charge in [0.25, 0.3) is 0 Å². The summed E-state index contributed by atoms with van der Waals surface area (Å²) < 4.78 is 15.1. The predicted molar refractivity (Wildman–Crippen MR) is 120 cm³/mol. The third-order valence-electron chi connectivity index (χ3n) is 5.11. The molecule has 1 amide bonds. The summed E-state index contributed by atoms with van der Waals surface area (Å²) in [4.78, 5) is 17.3. The van der Waals surface area contributed by atoms with E-state index in [4.69, 9.17) is 5.73 Å². The van der Waals surface area contributed by atoms with E-state index in [1.54, 1.807) is 24.4 Å². The van der Waals surface area contributed by atoms with E-state index in [0.29, 0.717) is 12.8 Å². The number of benzene rings is 1. The van der Waals surface area contributed by atoms with Crippen LogP contribution in [0.4, 0.5) is 4.39 Å². The molecule has 162 valence electrons. The number of carbonyl (C=O) groups is 1. The normalized spacial score (nSPS) is 13.9. The fraction of sp³-hybridized carbons (Fsp3) is 0.417. The number of hydrogen-bond acceptors (Lipinski definition) is 3. The lowest BCUT2D eigenvalue weighted by atomic mass is 9.94. The van der Waals surface area contributed by atoms with Gasteiger partial charge in [-0.3, -0.25) is 4.79 Å². The molecule has 1 unspecified atom stereocenters. The van der Waals surface area contributed by atoms with Crippen LogP contribution in [-0.2, 0) is 17.6 Å². The summed E-state index contributed by atoms with van der Waals surface area (Å²) in [5.41, 5.74) is 7.54. The molecule has 0 spiro atoms. The van der Waals surface area contributed by atoms with Crippen LogP contribution in [0.2, 0.25) is 0 Å². The largest absolute Gasteiger partial charge is 0.350 e. The molecule has 5 nitrogen and oxygen atoms in total. The molecule has 30 heavy (non-hydrogen) atoms. The average Bonchev–Trinajstić information content (AvgIpc) is 3.09. The summed E-state index contributed by atoms with van der Waals surface area (Å²) in [5, 5.41) is 3.02. The number of nitrogens with one attached hydrogen (secondary N) is 1. The number of aromatic nitrogens is 2. The summed E-state index contributed by atoms with van der Waals surface area (Å²) in [7, 11) is 0. The first kappa shape index (κ1) is 23.5. The van der Waals surface area contributed by atoms with Crippen molar-refractivity contribution in [3.63, 3.8) is 0 Å². The molecule has 6 heteroatoms. The van der Waals surface area contributed by atoms with Gasteiger partial charge in [-0.25, -0.2) is 9.37 Å². The molecule has 2 atom stereocenters. The van der Waals surface area contributed by atoms with Crippen molar-refractivity contribution in [3.8, 4) is 0 Å². The van der Waals surface area contributed by atoms with Crippen molar-refractivity contribution < 1.29 is 9.18 Å². The van der Waals surface area contributed by atoms with Crippen molar-refractivity contribution in [2.75, 3.05) is 0 Å². The summed E-state index contributed by atoms with van der Waals surface area (Å²) in [6.07, 6.45) is 9.13. The standard InChI is InChI=1S/C24H33FN4O/c1-6-8-13-29-20(16-27-22(29)17(3)7-2)14-21(26)23(30)28-24(4,5)15-18-9-11-19(25)12-10-18/h6,8-13,16-17,21H,1,7,14-15,26H2,2-5H3,(H,28,30)/b13-8-/t17?,21-/m1/s1. The molecule has 2 rings (SSSR count). The second-order valence-electron chi connectivity index (χ2n) is 8.35. The van der Waals surface area contributed by atoms with Gasteiger partial charge in [0.05, 0.1) is 6.04 Å². The van der Waals surface area contributed by atoms with Crippen molar-refractivity contribution in [2.24, 2.45) is 5.73 Å². The predicted octanol–water partition coefficient (Wildman–Crippen LogP) is 4.20. The van der Waals surface area contributed by atoms with Crippen molar-refractivity contribution in [1.29, 1.82) is 0 Å². The van der Waals surface area contributed by atoms with E-state index in [9.17, 15) is 9.18 Å². The first-order valence-corrected chi connectivity index (χ1v) is 10.3. The monoisotopic (exact) mass is 412 g/mol. The number of allylic oxidation sites excluding steroid dienone is 2. The van der Waals surface area contributed by atoms with E-state index >= 15 is 0 Å². The topological polar surface area (TPSA) is 72.9 Å². The molecule has 0 fully saturated rings. The van der Waals surface area contributed by atoms with Crippen LogP contribution in [0, 0.1) is 5.82 Å². The van der Waals surface area contributed by atoms with Gasteiger partial charge in [0.2, 0.25) is 5.91 Å². The molecular weight excluding hydrogens is 379 g/mol. The van der Waals surface area contributed by atoms with Crippen molar-refractivity contribution in [2.45, 2.75) is 64.5 Å². The van der Waals surface area contributed by atoms with E-state index in [1.165, 1.54) is 12.1 Å². The zero-order valence-corrected chi connectivity index (χ0v) is 18.4. The highest BCUT2D eigenvalue weighted by molar-refractivity contribution is 5.82. The average molecular weight is 413 g/mol. The second-order valence-corrected chi connectivity index (χ2v) is 8.35. The Balaban J connectivity index is 2.09. The number of rotatable bonds is 10. The highest BCUT2D eigenvalue weighted by Crippen LogP contribution is 2.20. The quantitative estimate of drug-likeness (QED) is 0.575. The van der Waals surface area contributed by atoms with Crippen LogP contribution in [0.25, 0.3) is 6.20 Å². The molecule has 1 heterocycles. The van der Waals surface area contributed by atoms with Crippen LogP contribution in [0.1, 0.15) is 57.1 Å². The minimum atomic E-state index is -0.713. The van der Waals surface area contributed by atoms with E-state index in [0.717, 1.165) is 23.5 Å². The summed E-state index contributed by atoms with van der Waals surface area (Å²) in [6, 6.07) is 5.58. The van der Waals surface area contributed by atoms with Gasteiger partial charge in [-0.15, -0.1) is 0 Å². The number of carbonyl (C=O) groups excluding carboxylic acids is 1. The number of amides is 1. The van der Waals surface area contributed by atoms with E-state index < -0.39 is 11.6 Å². The number of imidazole rings is 1. The van der Waals surface area contributed by atoms with Gasteiger partial charge < -0.3 is 15.6 Å². The van der Waals surface area contributed by atoms with Crippen LogP contribution >= 0.6 is 0 Å². The van der Waals surface area contributed by atoms with Crippen LogP contribution in [-0.4, -0.2) is 27.0 Å². The van der Waals surface area contributed by atoms with Gasteiger partial charge in [-0.05, 0) is 50.5 Å². The smallest absolute Gasteiger partial charge is 0.237 e. The van der Waals surface area contributed by atoms with Gasteiger partial charge in [0, 0.05) is 36.0 Å². The van der Waals surface area contributed by atoms with Gasteiger partial charge in [0.1, 0.15) is 11.6 Å². The van der Waals surface area contributed by atoms with Crippen molar-refractivity contribution in [3.05, 3.63) is 72.1 Å². The Labute approximate surface area is 178 Å². The maximum Gasteiger partial charge on any atom is 0.237 e. The molecule has 3 N–H and O–H groups in total. The Bertz CT molecular complexity index is 883. The zero-order chi connectivity index (χ0) is 22.3. The molecule has 2 aromatic rings. The second kappa shape index (κ2) is 10.3. The SMILES string of the molecule is C=C/C=C\n1c(C[C@@H](N)C(=O)NC(C)(C)Cc2ccc(F)cc2)cnc1C(C)CC. The molecular formula is C24H33FN4O. The Morgan fingerprint density at radius 3 is 2.63 bits per heavy atom. The van der Waals surface area contributed by atoms with E-state index in [2.05, 4.69) is 30.7 Å². The molecule has 0 aliphatic heterocycles. The van der Waals surface area contributed by atoms with E-state index in [-0.39, 0.29) is 17.6 Å². The van der Waals surface area contributed by atoms with Crippen LogP contribution in [0.15, 0.2) is 49.2 Å². The third-order valence-corrected chi connectivity index (χ3v) is 5.11.